The molecule has 2 rings (SSSR count). The van der Waals surface area contributed by atoms with E-state index in [1.165, 1.54) is 24.1 Å². The lowest BCUT2D eigenvalue weighted by Crippen LogP contribution is -3.00. The quantitative estimate of drug-likeness (QED) is 0.305. The Balaban J connectivity index is 0.000000605. The molecule has 0 bridgehead atoms. The lowest BCUT2D eigenvalue weighted by Gasteiger charge is -1.92. The van der Waals surface area contributed by atoms with Gasteiger partial charge in [-0.1, -0.05) is 4.68 Å². The molecule has 1 aliphatic carbocycles. The summed E-state index contributed by atoms with van der Waals surface area (Å²) in [5.41, 5.74) is 2.73. The van der Waals surface area contributed by atoms with Gasteiger partial charge in [-0.15, -0.1) is 0 Å². The SMILES string of the molecule is N[n+]1cccc2c1CCC2.[I-]. The van der Waals surface area contributed by atoms with Crippen LogP contribution in [0.5, 0.6) is 0 Å². The third-order valence-electron chi connectivity index (χ3n) is 2.09. The summed E-state index contributed by atoms with van der Waals surface area (Å²) in [6, 6.07) is 4.16. The lowest BCUT2D eigenvalue weighted by molar-refractivity contribution is -0.646. The van der Waals surface area contributed by atoms with Gasteiger partial charge in [0.05, 0.1) is 0 Å². The maximum absolute atomic E-state index is 5.69. The van der Waals surface area contributed by atoms with E-state index >= 15 is 0 Å². The monoisotopic (exact) mass is 262 g/mol. The summed E-state index contributed by atoms with van der Waals surface area (Å²) in [5, 5.41) is 0. The summed E-state index contributed by atoms with van der Waals surface area (Å²) in [5.74, 6) is 5.69. The van der Waals surface area contributed by atoms with Crippen molar-refractivity contribution in [2.75, 3.05) is 5.84 Å². The van der Waals surface area contributed by atoms with Gasteiger partial charge >= 0.3 is 0 Å². The Morgan fingerprint density at radius 1 is 1.36 bits per heavy atom. The number of pyridine rings is 1. The van der Waals surface area contributed by atoms with Crippen molar-refractivity contribution in [2.24, 2.45) is 0 Å². The molecule has 1 aliphatic rings. The highest BCUT2D eigenvalue weighted by atomic mass is 127. The molecule has 0 saturated heterocycles. The number of aromatic nitrogens is 1. The van der Waals surface area contributed by atoms with Crippen molar-refractivity contribution in [3.8, 4) is 0 Å². The lowest BCUT2D eigenvalue weighted by atomic mass is 10.2. The summed E-state index contributed by atoms with van der Waals surface area (Å²) in [6.45, 7) is 0. The van der Waals surface area contributed by atoms with Crippen molar-refractivity contribution < 1.29 is 28.7 Å². The molecule has 0 radical (unpaired) electrons. The summed E-state index contributed by atoms with van der Waals surface area (Å²) >= 11 is 0. The van der Waals surface area contributed by atoms with E-state index in [0.717, 1.165) is 6.42 Å². The van der Waals surface area contributed by atoms with Crippen molar-refractivity contribution in [3.63, 3.8) is 0 Å². The molecule has 0 unspecified atom stereocenters. The van der Waals surface area contributed by atoms with E-state index < -0.39 is 0 Å². The van der Waals surface area contributed by atoms with Gasteiger partial charge in [0.15, 0.2) is 6.20 Å². The number of nitrogen functional groups attached to an aromatic ring is 1. The van der Waals surface area contributed by atoms with Crippen LogP contribution in [-0.4, -0.2) is 0 Å². The number of rotatable bonds is 0. The largest absolute Gasteiger partial charge is 1.00 e. The zero-order valence-electron chi connectivity index (χ0n) is 6.26. The summed E-state index contributed by atoms with van der Waals surface area (Å²) in [4.78, 5) is 0. The van der Waals surface area contributed by atoms with Crippen molar-refractivity contribution >= 4 is 0 Å². The van der Waals surface area contributed by atoms with Crippen LogP contribution >= 0.6 is 0 Å². The van der Waals surface area contributed by atoms with E-state index in [0.29, 0.717) is 0 Å². The Morgan fingerprint density at radius 2 is 2.18 bits per heavy atom. The first-order chi connectivity index (χ1) is 4.88. The van der Waals surface area contributed by atoms with Crippen LogP contribution in [-0.2, 0) is 12.8 Å². The average Bonchev–Trinajstić information content (AvgIpc) is 2.36. The van der Waals surface area contributed by atoms with E-state index in [1.807, 2.05) is 12.3 Å². The first kappa shape index (κ1) is 8.77. The zero-order valence-corrected chi connectivity index (χ0v) is 8.41. The van der Waals surface area contributed by atoms with E-state index in [9.17, 15) is 0 Å². The minimum Gasteiger partial charge on any atom is -1.00 e. The average molecular weight is 262 g/mol. The fraction of sp³-hybridized carbons (Fsp3) is 0.375. The third-order valence-corrected chi connectivity index (χ3v) is 2.09. The van der Waals surface area contributed by atoms with E-state index in [4.69, 9.17) is 5.84 Å². The van der Waals surface area contributed by atoms with Crippen molar-refractivity contribution in [1.29, 1.82) is 0 Å². The highest BCUT2D eigenvalue weighted by Gasteiger charge is 2.19. The minimum atomic E-state index is 0. The Hall–Kier alpha value is -0.320. The van der Waals surface area contributed by atoms with Crippen molar-refractivity contribution in [2.45, 2.75) is 19.3 Å². The van der Waals surface area contributed by atoms with Gasteiger partial charge in [-0.05, 0) is 18.9 Å². The molecule has 0 fully saturated rings. The fourth-order valence-electron chi connectivity index (χ4n) is 1.57. The van der Waals surface area contributed by atoms with Gasteiger partial charge in [-0.3, -0.25) is 0 Å². The molecule has 2 N–H and O–H groups in total. The Labute approximate surface area is 83.4 Å². The Kier molecular flexibility index (Phi) is 2.70. The molecule has 11 heavy (non-hydrogen) atoms. The molecular formula is C8H11IN2. The van der Waals surface area contributed by atoms with Crippen LogP contribution in [0.4, 0.5) is 0 Å². The topological polar surface area (TPSA) is 29.9 Å². The smallest absolute Gasteiger partial charge is 0.214 e. The minimum absolute atomic E-state index is 0. The second-order valence-electron chi connectivity index (χ2n) is 2.74. The number of nitrogens with two attached hydrogens (primary N) is 1. The maximum Gasteiger partial charge on any atom is 0.214 e. The van der Waals surface area contributed by atoms with Crippen LogP contribution in [0.2, 0.25) is 0 Å². The summed E-state index contributed by atoms with van der Waals surface area (Å²) in [6.07, 6.45) is 5.51. The molecule has 0 saturated carbocycles. The van der Waals surface area contributed by atoms with Gasteiger partial charge in [0, 0.05) is 18.1 Å². The number of halogens is 1. The molecule has 1 heterocycles. The molecule has 0 aliphatic heterocycles. The predicted octanol–water partition coefficient (Wildman–Crippen LogP) is -2.82. The van der Waals surface area contributed by atoms with E-state index in [1.54, 1.807) is 4.68 Å². The first-order valence-corrected chi connectivity index (χ1v) is 3.65. The molecule has 0 aromatic carbocycles. The van der Waals surface area contributed by atoms with Gasteiger partial charge in [0.25, 0.3) is 0 Å². The molecule has 0 atom stereocenters. The van der Waals surface area contributed by atoms with E-state index in [2.05, 4.69) is 6.07 Å². The van der Waals surface area contributed by atoms with Crippen LogP contribution < -0.4 is 34.5 Å². The van der Waals surface area contributed by atoms with E-state index in [-0.39, 0.29) is 24.0 Å². The molecule has 2 nitrogen and oxygen atoms in total. The molecule has 1 aromatic heterocycles. The standard InChI is InChI=1S/C8H11N2.HI/c9-10-6-2-4-7-3-1-5-8(7)10;/h2,4,6H,1,3,5,9H2;1H/q+1;/p-1. The number of aryl methyl sites for hydroxylation is 1. The van der Waals surface area contributed by atoms with Gasteiger partial charge < -0.3 is 24.0 Å². The molecule has 60 valence electrons. The predicted molar refractivity (Wildman–Crippen MR) is 38.8 cm³/mol. The van der Waals surface area contributed by atoms with Crippen LogP contribution in [0.25, 0.3) is 0 Å². The van der Waals surface area contributed by atoms with Crippen LogP contribution in [0.15, 0.2) is 18.3 Å². The zero-order chi connectivity index (χ0) is 6.97. The third kappa shape index (κ3) is 1.47. The Bertz CT molecular complexity index is 260. The fourth-order valence-corrected chi connectivity index (χ4v) is 1.57. The number of nitrogens with zero attached hydrogens (tertiary/aromatic N) is 1. The molecule has 1 aromatic rings. The molecule has 0 spiro atoms. The molecular weight excluding hydrogens is 251 g/mol. The van der Waals surface area contributed by atoms with Gasteiger partial charge in [0.2, 0.25) is 5.69 Å². The van der Waals surface area contributed by atoms with Gasteiger partial charge in [-0.2, -0.15) is 0 Å². The van der Waals surface area contributed by atoms with Crippen LogP contribution in [0.3, 0.4) is 0 Å². The molecule has 3 heteroatoms. The first-order valence-electron chi connectivity index (χ1n) is 3.65. The van der Waals surface area contributed by atoms with Crippen LogP contribution in [0, 0.1) is 0 Å². The summed E-state index contributed by atoms with van der Waals surface area (Å²) in [7, 11) is 0. The number of fused-ring (bicyclic) bond motifs is 1. The second kappa shape index (κ2) is 3.38. The highest BCUT2D eigenvalue weighted by molar-refractivity contribution is 5.20. The van der Waals surface area contributed by atoms with Crippen LogP contribution in [0.1, 0.15) is 17.7 Å². The van der Waals surface area contributed by atoms with Gasteiger partial charge in [-0.25, -0.2) is 5.84 Å². The van der Waals surface area contributed by atoms with Crippen molar-refractivity contribution in [1.82, 2.24) is 0 Å². The molecule has 0 amide bonds. The maximum atomic E-state index is 5.69. The number of hydrogen-bond acceptors (Lipinski definition) is 1. The number of hydrogen-bond donors (Lipinski definition) is 1. The van der Waals surface area contributed by atoms with Crippen molar-refractivity contribution in [3.05, 3.63) is 29.6 Å². The van der Waals surface area contributed by atoms with Gasteiger partial charge in [0.1, 0.15) is 0 Å². The summed E-state index contributed by atoms with van der Waals surface area (Å²) < 4.78 is 1.74. The normalized spacial score (nSPS) is 13.8. The highest BCUT2D eigenvalue weighted by Crippen LogP contribution is 2.16. The Morgan fingerprint density at radius 3 is 2.91 bits per heavy atom. The second-order valence-corrected chi connectivity index (χ2v) is 2.74.